The summed E-state index contributed by atoms with van der Waals surface area (Å²) >= 11 is 0. The highest BCUT2D eigenvalue weighted by Gasteiger charge is 1.90. The molecular weight excluding hydrogens is 100 g/mol. The molecule has 0 aromatic heterocycles. The van der Waals surface area contributed by atoms with E-state index in [1.807, 2.05) is 0 Å². The summed E-state index contributed by atoms with van der Waals surface area (Å²) in [6.45, 7) is 6.76. The third kappa shape index (κ3) is 3.41. The Balaban J connectivity index is 3.46. The molecule has 0 bridgehead atoms. The lowest BCUT2D eigenvalue weighted by Gasteiger charge is -1.94. The summed E-state index contributed by atoms with van der Waals surface area (Å²) in [5, 5.41) is 8.82. The van der Waals surface area contributed by atoms with E-state index in [0.717, 1.165) is 0 Å². The summed E-state index contributed by atoms with van der Waals surface area (Å²) in [7, 11) is 0. The maximum absolute atomic E-state index is 8.82. The number of aliphatic hydroxyl groups is 1. The highest BCUT2D eigenvalue weighted by molar-refractivity contribution is 4.88. The van der Waals surface area contributed by atoms with Crippen LogP contribution in [0.25, 0.3) is 0 Å². The van der Waals surface area contributed by atoms with Crippen molar-refractivity contribution in [3.05, 3.63) is 31.0 Å². The molecule has 0 aliphatic heterocycles. The van der Waals surface area contributed by atoms with Crippen LogP contribution in [0.1, 0.15) is 6.42 Å². The Bertz CT molecular complexity index is 110. The molecule has 0 spiro atoms. The predicted molar refractivity (Wildman–Crippen MR) is 34.5 cm³/mol. The summed E-state index contributed by atoms with van der Waals surface area (Å²) < 4.78 is 0. The van der Waals surface area contributed by atoms with Gasteiger partial charge in [-0.05, 0) is 12.5 Å². The van der Waals surface area contributed by atoms with Crippen molar-refractivity contribution in [3.8, 4) is 0 Å². The molecule has 0 aromatic carbocycles. The summed E-state index contributed by atoms with van der Waals surface area (Å²) in [6, 6.07) is 0. The Morgan fingerprint density at radius 2 is 2.38 bits per heavy atom. The van der Waals surface area contributed by atoms with Gasteiger partial charge in [0.2, 0.25) is 0 Å². The molecule has 1 nitrogen and oxygen atoms in total. The second-order valence-electron chi connectivity index (χ2n) is 1.46. The first-order valence-corrected chi connectivity index (χ1v) is 2.46. The molecule has 8 heavy (non-hydrogen) atoms. The second kappa shape index (κ2) is 4.38. The quantitative estimate of drug-likeness (QED) is 0.428. The van der Waals surface area contributed by atoms with Crippen molar-refractivity contribution in [3.63, 3.8) is 0 Å². The summed E-state index contributed by atoms with van der Waals surface area (Å²) in [5.41, 5.74) is 2.48. The predicted octanol–water partition coefficient (Wildman–Crippen LogP) is 1.26. The molecule has 0 heterocycles. The molecule has 1 unspecified atom stereocenters. The Morgan fingerprint density at radius 3 is 2.75 bits per heavy atom. The molecule has 0 fully saturated rings. The number of hydrogen-bond donors (Lipinski definition) is 1. The van der Waals surface area contributed by atoms with E-state index in [1.165, 1.54) is 6.08 Å². The van der Waals surface area contributed by atoms with Gasteiger partial charge < -0.3 is 5.11 Å². The fourth-order valence-electron chi connectivity index (χ4n) is 0.375. The van der Waals surface area contributed by atoms with Crippen molar-refractivity contribution in [1.29, 1.82) is 0 Å². The molecule has 0 aliphatic rings. The zero-order valence-electron chi connectivity index (χ0n) is 4.80. The highest BCUT2D eigenvalue weighted by Crippen LogP contribution is 1.90. The summed E-state index contributed by atoms with van der Waals surface area (Å²) in [4.78, 5) is 0. The van der Waals surface area contributed by atoms with Crippen LogP contribution in [-0.2, 0) is 0 Å². The minimum absolute atomic E-state index is 0.454. The fraction of sp³-hybridized carbons (Fsp3) is 0.286. The molecule has 1 heteroatoms. The molecule has 0 amide bonds. The first kappa shape index (κ1) is 7.22. The lowest BCUT2D eigenvalue weighted by Crippen LogP contribution is -1.97. The number of aliphatic hydroxyl groups excluding tert-OH is 1. The lowest BCUT2D eigenvalue weighted by molar-refractivity contribution is 0.227. The van der Waals surface area contributed by atoms with Gasteiger partial charge in [0, 0.05) is 0 Å². The van der Waals surface area contributed by atoms with Crippen molar-refractivity contribution in [2.24, 2.45) is 0 Å². The third-order valence-electron chi connectivity index (χ3n) is 0.718. The average molecular weight is 110 g/mol. The smallest absolute Gasteiger partial charge is 0.0828 e. The van der Waals surface area contributed by atoms with Crippen LogP contribution in [-0.4, -0.2) is 11.2 Å². The van der Waals surface area contributed by atoms with Crippen LogP contribution < -0.4 is 0 Å². The van der Waals surface area contributed by atoms with Gasteiger partial charge in [-0.2, -0.15) is 0 Å². The molecule has 44 valence electrons. The summed E-state index contributed by atoms with van der Waals surface area (Å²) in [5.74, 6) is 0. The number of rotatable bonds is 3. The van der Waals surface area contributed by atoms with E-state index in [2.05, 4.69) is 18.9 Å². The van der Waals surface area contributed by atoms with Gasteiger partial charge in [-0.15, -0.1) is 12.3 Å². The van der Waals surface area contributed by atoms with Crippen molar-refractivity contribution < 1.29 is 5.11 Å². The Morgan fingerprint density at radius 1 is 1.75 bits per heavy atom. The van der Waals surface area contributed by atoms with Crippen LogP contribution in [0.4, 0.5) is 0 Å². The Labute approximate surface area is 49.7 Å². The topological polar surface area (TPSA) is 20.2 Å². The van der Waals surface area contributed by atoms with E-state index in [1.54, 1.807) is 6.08 Å². The zero-order chi connectivity index (χ0) is 6.41. The van der Waals surface area contributed by atoms with E-state index in [4.69, 9.17) is 5.11 Å². The van der Waals surface area contributed by atoms with Gasteiger partial charge in [0.05, 0.1) is 6.10 Å². The molecule has 0 aromatic rings. The molecule has 1 atom stereocenters. The molecule has 0 aliphatic carbocycles. The summed E-state index contributed by atoms with van der Waals surface area (Å²) in [6.07, 6.45) is 3.27. The van der Waals surface area contributed by atoms with Crippen LogP contribution in [0.2, 0.25) is 0 Å². The van der Waals surface area contributed by atoms with Crippen LogP contribution in [0, 0.1) is 0 Å². The van der Waals surface area contributed by atoms with Crippen LogP contribution in [0.5, 0.6) is 0 Å². The van der Waals surface area contributed by atoms with E-state index >= 15 is 0 Å². The van der Waals surface area contributed by atoms with Gasteiger partial charge in [0.15, 0.2) is 0 Å². The van der Waals surface area contributed by atoms with Crippen LogP contribution in [0.15, 0.2) is 31.0 Å². The van der Waals surface area contributed by atoms with Crippen LogP contribution in [0.3, 0.4) is 0 Å². The van der Waals surface area contributed by atoms with Crippen LogP contribution >= 0.6 is 0 Å². The largest absolute Gasteiger partial charge is 0.388 e. The van der Waals surface area contributed by atoms with Crippen molar-refractivity contribution in [1.82, 2.24) is 0 Å². The van der Waals surface area contributed by atoms with E-state index in [-0.39, 0.29) is 0 Å². The maximum Gasteiger partial charge on any atom is 0.0828 e. The second-order valence-corrected chi connectivity index (χ2v) is 1.46. The Kier molecular flexibility index (Phi) is 3.95. The van der Waals surface area contributed by atoms with Gasteiger partial charge in [0.1, 0.15) is 0 Å². The molecule has 0 rings (SSSR count). The monoisotopic (exact) mass is 110 g/mol. The fourth-order valence-corrected chi connectivity index (χ4v) is 0.375. The van der Waals surface area contributed by atoms with E-state index in [0.29, 0.717) is 6.42 Å². The first-order chi connectivity index (χ1) is 3.81. The van der Waals surface area contributed by atoms with E-state index < -0.39 is 6.10 Å². The molecule has 0 saturated heterocycles. The highest BCUT2D eigenvalue weighted by atomic mass is 16.3. The van der Waals surface area contributed by atoms with Gasteiger partial charge in [-0.25, -0.2) is 0 Å². The van der Waals surface area contributed by atoms with E-state index in [9.17, 15) is 0 Å². The average Bonchev–Trinajstić information content (AvgIpc) is 1.68. The SMILES string of the molecule is C=C=CC(O)CC=C. The molecule has 0 saturated carbocycles. The minimum Gasteiger partial charge on any atom is -0.388 e. The molecular formula is C7H10O. The van der Waals surface area contributed by atoms with Gasteiger partial charge in [-0.3, -0.25) is 0 Å². The van der Waals surface area contributed by atoms with Gasteiger partial charge in [0.25, 0.3) is 0 Å². The normalized spacial score (nSPS) is 11.6. The van der Waals surface area contributed by atoms with Gasteiger partial charge in [-0.1, -0.05) is 12.7 Å². The first-order valence-electron chi connectivity index (χ1n) is 2.46. The third-order valence-corrected chi connectivity index (χ3v) is 0.718. The standard InChI is InChI=1S/C7H10O/c1-3-5-7(8)6-4-2/h3,6-8H,1-2,5H2. The van der Waals surface area contributed by atoms with Crippen molar-refractivity contribution in [2.45, 2.75) is 12.5 Å². The van der Waals surface area contributed by atoms with Gasteiger partial charge >= 0.3 is 0 Å². The Hall–Kier alpha value is -0.780. The zero-order valence-corrected chi connectivity index (χ0v) is 4.80. The van der Waals surface area contributed by atoms with Crippen molar-refractivity contribution in [2.75, 3.05) is 0 Å². The molecule has 1 N–H and O–H groups in total. The number of hydrogen-bond acceptors (Lipinski definition) is 1. The maximum atomic E-state index is 8.82. The molecule has 0 radical (unpaired) electrons. The minimum atomic E-state index is -0.454. The van der Waals surface area contributed by atoms with Crippen molar-refractivity contribution >= 4 is 0 Å². The lowest BCUT2D eigenvalue weighted by atomic mass is 10.2.